The molecule has 0 amide bonds. The van der Waals surface area contributed by atoms with Crippen LogP contribution in [0.1, 0.15) is 18.4 Å². The van der Waals surface area contributed by atoms with Crippen LogP contribution in [0.4, 0.5) is 0 Å². The van der Waals surface area contributed by atoms with Gasteiger partial charge in [0.1, 0.15) is 0 Å². The van der Waals surface area contributed by atoms with E-state index in [1.165, 1.54) is 0 Å². The minimum atomic E-state index is -3.21. The average Bonchev–Trinajstić information content (AvgIpc) is 3.01. The SMILES string of the molecule is O=S(=O)(Cc1ccccc1)N1CCC(Cn2cccn2)CC1. The molecule has 2 heterocycles. The highest BCUT2D eigenvalue weighted by molar-refractivity contribution is 7.88. The number of hydrogen-bond acceptors (Lipinski definition) is 3. The van der Waals surface area contributed by atoms with Gasteiger partial charge in [-0.15, -0.1) is 0 Å². The van der Waals surface area contributed by atoms with Crippen LogP contribution in [0.5, 0.6) is 0 Å². The normalized spacial score (nSPS) is 17.6. The maximum absolute atomic E-state index is 12.5. The third-order valence-electron chi connectivity index (χ3n) is 4.16. The van der Waals surface area contributed by atoms with Gasteiger partial charge in [-0.1, -0.05) is 30.3 Å². The van der Waals surface area contributed by atoms with Crippen molar-refractivity contribution in [2.75, 3.05) is 13.1 Å². The van der Waals surface area contributed by atoms with Crippen LogP contribution in [0.2, 0.25) is 0 Å². The third kappa shape index (κ3) is 3.75. The van der Waals surface area contributed by atoms with E-state index in [0.717, 1.165) is 24.9 Å². The van der Waals surface area contributed by atoms with Gasteiger partial charge in [-0.05, 0) is 30.4 Å². The molecular formula is C16H21N3O2S. The highest BCUT2D eigenvalue weighted by atomic mass is 32.2. The van der Waals surface area contributed by atoms with Crippen molar-refractivity contribution < 1.29 is 8.42 Å². The largest absolute Gasteiger partial charge is 0.272 e. The van der Waals surface area contributed by atoms with E-state index in [1.54, 1.807) is 10.5 Å². The smallest absolute Gasteiger partial charge is 0.218 e. The topological polar surface area (TPSA) is 55.2 Å². The highest BCUT2D eigenvalue weighted by Crippen LogP contribution is 2.22. The van der Waals surface area contributed by atoms with Gasteiger partial charge >= 0.3 is 0 Å². The fourth-order valence-corrected chi connectivity index (χ4v) is 4.48. The Morgan fingerprint density at radius 3 is 2.45 bits per heavy atom. The lowest BCUT2D eigenvalue weighted by Crippen LogP contribution is -2.39. The summed E-state index contributed by atoms with van der Waals surface area (Å²) in [6, 6.07) is 11.3. The standard InChI is InChI=1S/C16H21N3O2S/c20-22(21,14-16-5-2-1-3-6-16)19-11-7-15(8-12-19)13-18-10-4-9-17-18/h1-6,9-10,15H,7-8,11-14H2. The lowest BCUT2D eigenvalue weighted by Gasteiger charge is -2.31. The van der Waals surface area contributed by atoms with Gasteiger partial charge in [-0.3, -0.25) is 4.68 Å². The van der Waals surface area contributed by atoms with Crippen molar-refractivity contribution in [2.24, 2.45) is 5.92 Å². The van der Waals surface area contributed by atoms with E-state index in [2.05, 4.69) is 5.10 Å². The number of rotatable bonds is 5. The quantitative estimate of drug-likeness (QED) is 0.848. The molecule has 3 rings (SSSR count). The van der Waals surface area contributed by atoms with E-state index < -0.39 is 10.0 Å². The van der Waals surface area contributed by atoms with E-state index in [1.807, 2.05) is 47.3 Å². The van der Waals surface area contributed by atoms with Crippen LogP contribution < -0.4 is 0 Å². The summed E-state index contributed by atoms with van der Waals surface area (Å²) < 4.78 is 28.5. The van der Waals surface area contributed by atoms with Crippen LogP contribution in [0.15, 0.2) is 48.8 Å². The van der Waals surface area contributed by atoms with Crippen molar-refractivity contribution in [2.45, 2.75) is 25.1 Å². The Bertz CT molecular complexity index is 675. The Hall–Kier alpha value is -1.66. The molecular weight excluding hydrogens is 298 g/mol. The molecule has 22 heavy (non-hydrogen) atoms. The van der Waals surface area contributed by atoms with Crippen molar-refractivity contribution in [1.29, 1.82) is 0 Å². The molecule has 1 saturated heterocycles. The summed E-state index contributed by atoms with van der Waals surface area (Å²) in [6.07, 6.45) is 5.53. The van der Waals surface area contributed by atoms with E-state index in [9.17, 15) is 8.42 Å². The Kier molecular flexibility index (Phi) is 4.59. The van der Waals surface area contributed by atoms with Crippen LogP contribution in [-0.2, 0) is 22.3 Å². The molecule has 0 bridgehead atoms. The van der Waals surface area contributed by atoms with E-state index in [-0.39, 0.29) is 5.75 Å². The Morgan fingerprint density at radius 1 is 1.09 bits per heavy atom. The summed E-state index contributed by atoms with van der Waals surface area (Å²) in [6.45, 7) is 2.10. The first-order valence-electron chi connectivity index (χ1n) is 7.63. The first kappa shape index (κ1) is 15.2. The Labute approximate surface area is 131 Å². The number of sulfonamides is 1. The molecule has 5 nitrogen and oxygen atoms in total. The van der Waals surface area contributed by atoms with E-state index in [0.29, 0.717) is 19.0 Å². The van der Waals surface area contributed by atoms with Gasteiger partial charge in [-0.2, -0.15) is 5.10 Å². The lowest BCUT2D eigenvalue weighted by molar-refractivity contribution is 0.247. The first-order chi connectivity index (χ1) is 10.6. The number of nitrogens with zero attached hydrogens (tertiary/aromatic N) is 3. The maximum atomic E-state index is 12.5. The fourth-order valence-electron chi connectivity index (χ4n) is 2.92. The van der Waals surface area contributed by atoms with Gasteiger partial charge in [0.25, 0.3) is 0 Å². The predicted octanol–water partition coefficient (Wildman–Crippen LogP) is 2.13. The molecule has 1 aromatic carbocycles. The molecule has 118 valence electrons. The van der Waals surface area contributed by atoms with Crippen LogP contribution in [0.3, 0.4) is 0 Å². The van der Waals surface area contributed by atoms with Crippen molar-refractivity contribution in [3.8, 4) is 0 Å². The average molecular weight is 319 g/mol. The summed E-state index contributed by atoms with van der Waals surface area (Å²) in [4.78, 5) is 0. The lowest BCUT2D eigenvalue weighted by atomic mass is 9.98. The van der Waals surface area contributed by atoms with Gasteiger partial charge in [-0.25, -0.2) is 12.7 Å². The molecule has 0 aliphatic carbocycles. The molecule has 1 aliphatic rings. The van der Waals surface area contributed by atoms with Gasteiger partial charge in [0.05, 0.1) is 5.75 Å². The molecule has 1 aliphatic heterocycles. The highest BCUT2D eigenvalue weighted by Gasteiger charge is 2.28. The maximum Gasteiger partial charge on any atom is 0.218 e. The molecule has 6 heteroatoms. The summed E-state index contributed by atoms with van der Waals surface area (Å²) in [5, 5.41) is 4.22. The minimum absolute atomic E-state index is 0.0949. The number of benzene rings is 1. The fraction of sp³-hybridized carbons (Fsp3) is 0.438. The zero-order valence-electron chi connectivity index (χ0n) is 12.5. The summed E-state index contributed by atoms with van der Waals surface area (Å²) in [5.41, 5.74) is 0.848. The summed E-state index contributed by atoms with van der Waals surface area (Å²) >= 11 is 0. The Morgan fingerprint density at radius 2 is 1.82 bits per heavy atom. The van der Waals surface area contributed by atoms with Crippen molar-refractivity contribution in [1.82, 2.24) is 14.1 Å². The second kappa shape index (κ2) is 6.62. The molecule has 0 unspecified atom stereocenters. The molecule has 0 radical (unpaired) electrons. The van der Waals surface area contributed by atoms with E-state index in [4.69, 9.17) is 0 Å². The minimum Gasteiger partial charge on any atom is -0.272 e. The summed E-state index contributed by atoms with van der Waals surface area (Å²) in [5.74, 6) is 0.598. The molecule has 0 spiro atoms. The van der Waals surface area contributed by atoms with Crippen molar-refractivity contribution in [3.05, 3.63) is 54.4 Å². The zero-order chi connectivity index (χ0) is 15.4. The van der Waals surface area contributed by atoms with Crippen molar-refractivity contribution >= 4 is 10.0 Å². The van der Waals surface area contributed by atoms with Crippen LogP contribution in [-0.4, -0.2) is 35.6 Å². The van der Waals surface area contributed by atoms with E-state index >= 15 is 0 Å². The summed E-state index contributed by atoms with van der Waals surface area (Å²) in [7, 11) is -3.21. The van der Waals surface area contributed by atoms with Crippen molar-refractivity contribution in [3.63, 3.8) is 0 Å². The second-order valence-corrected chi connectivity index (χ2v) is 7.78. The molecule has 0 saturated carbocycles. The zero-order valence-corrected chi connectivity index (χ0v) is 13.3. The van der Waals surface area contributed by atoms with Crippen LogP contribution in [0, 0.1) is 5.92 Å². The van der Waals surface area contributed by atoms with Crippen LogP contribution >= 0.6 is 0 Å². The predicted molar refractivity (Wildman–Crippen MR) is 85.6 cm³/mol. The number of aromatic nitrogens is 2. The molecule has 0 atom stereocenters. The van der Waals surface area contributed by atoms with Gasteiger partial charge in [0.2, 0.25) is 10.0 Å². The number of hydrogen-bond donors (Lipinski definition) is 0. The van der Waals surface area contributed by atoms with Gasteiger partial charge in [0, 0.05) is 32.0 Å². The monoisotopic (exact) mass is 319 g/mol. The third-order valence-corrected chi connectivity index (χ3v) is 6.01. The molecule has 2 aromatic rings. The van der Waals surface area contributed by atoms with Gasteiger partial charge in [0.15, 0.2) is 0 Å². The second-order valence-electron chi connectivity index (χ2n) is 5.81. The molecule has 0 N–H and O–H groups in total. The Balaban J connectivity index is 1.56. The molecule has 1 aromatic heterocycles. The molecule has 1 fully saturated rings. The van der Waals surface area contributed by atoms with Gasteiger partial charge < -0.3 is 0 Å². The number of piperidine rings is 1. The first-order valence-corrected chi connectivity index (χ1v) is 9.23. The van der Waals surface area contributed by atoms with Crippen LogP contribution in [0.25, 0.3) is 0 Å².